The van der Waals surface area contributed by atoms with Crippen molar-refractivity contribution in [3.63, 3.8) is 0 Å². The van der Waals surface area contributed by atoms with Gasteiger partial charge in [0.15, 0.2) is 0 Å². The maximum Gasteiger partial charge on any atom is 0.139 e. The summed E-state index contributed by atoms with van der Waals surface area (Å²) in [5.74, 6) is 0.848. The molecule has 1 N–H and O–H groups in total. The molecule has 1 fully saturated rings. The van der Waals surface area contributed by atoms with Crippen LogP contribution in [0.15, 0.2) is 48.8 Å². The lowest BCUT2D eigenvalue weighted by atomic mass is 10.1. The van der Waals surface area contributed by atoms with Crippen LogP contribution in [0, 0.1) is 0 Å². The first-order valence-corrected chi connectivity index (χ1v) is 7.92. The number of fused-ring (bicyclic) bond motifs is 1. The van der Waals surface area contributed by atoms with Crippen LogP contribution in [0.25, 0.3) is 16.9 Å². The van der Waals surface area contributed by atoms with E-state index in [4.69, 9.17) is 9.72 Å². The van der Waals surface area contributed by atoms with E-state index in [-0.39, 0.29) is 0 Å². The Morgan fingerprint density at radius 3 is 2.83 bits per heavy atom. The van der Waals surface area contributed by atoms with Crippen LogP contribution in [-0.4, -0.2) is 42.7 Å². The maximum absolute atomic E-state index is 5.30. The lowest BCUT2D eigenvalue weighted by molar-refractivity contribution is 0.415. The predicted molar refractivity (Wildman–Crippen MR) is 92.3 cm³/mol. The molecule has 1 aliphatic heterocycles. The smallest absolute Gasteiger partial charge is 0.139 e. The molecule has 1 aliphatic rings. The molecule has 0 bridgehead atoms. The van der Waals surface area contributed by atoms with Crippen molar-refractivity contribution in [1.29, 1.82) is 0 Å². The van der Waals surface area contributed by atoms with Gasteiger partial charge in [0.1, 0.15) is 11.4 Å². The fraction of sp³-hybridized carbons (Fsp3) is 0.278. The van der Waals surface area contributed by atoms with Gasteiger partial charge >= 0.3 is 0 Å². The van der Waals surface area contributed by atoms with Crippen molar-refractivity contribution in [3.8, 4) is 17.0 Å². The van der Waals surface area contributed by atoms with Gasteiger partial charge in [-0.15, -0.1) is 0 Å². The number of nitrogens with zero attached hydrogens (tertiary/aromatic N) is 3. The molecule has 0 amide bonds. The van der Waals surface area contributed by atoms with Crippen molar-refractivity contribution in [2.24, 2.45) is 0 Å². The molecular formula is C18H20N4O. The number of hydrogen-bond donors (Lipinski definition) is 1. The topological polar surface area (TPSA) is 41.8 Å². The summed E-state index contributed by atoms with van der Waals surface area (Å²) in [5, 5.41) is 3.38. The van der Waals surface area contributed by atoms with E-state index >= 15 is 0 Å². The summed E-state index contributed by atoms with van der Waals surface area (Å²) in [6, 6.07) is 12.3. The lowest BCUT2D eigenvalue weighted by Gasteiger charge is -2.29. The third kappa shape index (κ3) is 2.75. The molecule has 0 saturated carbocycles. The zero-order chi connectivity index (χ0) is 15.6. The Balaban J connectivity index is 1.69. The lowest BCUT2D eigenvalue weighted by Crippen LogP contribution is -2.43. The Hall–Kier alpha value is -2.53. The number of nitrogens with one attached hydrogen (secondary N) is 1. The number of aromatic nitrogens is 2. The molecule has 0 spiro atoms. The number of ether oxygens (including phenoxy) is 1. The minimum atomic E-state index is 0.848. The molecule has 0 unspecified atom stereocenters. The largest absolute Gasteiger partial charge is 0.497 e. The molecule has 0 atom stereocenters. The molecule has 3 aromatic rings. The van der Waals surface area contributed by atoms with Gasteiger partial charge in [-0.3, -0.25) is 0 Å². The van der Waals surface area contributed by atoms with Gasteiger partial charge in [0.05, 0.1) is 12.8 Å². The van der Waals surface area contributed by atoms with Crippen LogP contribution in [0.3, 0.4) is 0 Å². The molecule has 0 radical (unpaired) electrons. The highest BCUT2D eigenvalue weighted by molar-refractivity contribution is 5.66. The number of rotatable bonds is 3. The van der Waals surface area contributed by atoms with Gasteiger partial charge in [-0.05, 0) is 18.2 Å². The number of piperazine rings is 1. The standard InChI is InChI=1S/C18H20N4O/c1-23-16-4-2-3-14(11-16)17-13-22-8-5-15(12-18(22)20-17)21-9-6-19-7-10-21/h2-5,8,11-13,19H,6-7,9-10H2,1H3. The van der Waals surface area contributed by atoms with E-state index < -0.39 is 0 Å². The fourth-order valence-electron chi connectivity index (χ4n) is 3.01. The zero-order valence-corrected chi connectivity index (χ0v) is 13.2. The molecule has 118 valence electrons. The summed E-state index contributed by atoms with van der Waals surface area (Å²) in [4.78, 5) is 7.18. The van der Waals surface area contributed by atoms with Crippen LogP contribution in [0.4, 0.5) is 5.69 Å². The van der Waals surface area contributed by atoms with Crippen molar-refractivity contribution >= 4 is 11.3 Å². The average molecular weight is 308 g/mol. The molecule has 5 nitrogen and oxygen atoms in total. The van der Waals surface area contributed by atoms with Crippen LogP contribution >= 0.6 is 0 Å². The summed E-state index contributed by atoms with van der Waals surface area (Å²) < 4.78 is 7.37. The normalized spacial score (nSPS) is 15.1. The van der Waals surface area contributed by atoms with Crippen LogP contribution < -0.4 is 15.0 Å². The van der Waals surface area contributed by atoms with Crippen LogP contribution in [0.1, 0.15) is 0 Å². The average Bonchev–Trinajstić information content (AvgIpc) is 3.06. The summed E-state index contributed by atoms with van der Waals surface area (Å²) in [7, 11) is 1.68. The Bertz CT molecular complexity index is 821. The predicted octanol–water partition coefficient (Wildman–Crippen LogP) is 2.42. The molecule has 4 rings (SSSR count). The van der Waals surface area contributed by atoms with E-state index in [1.54, 1.807) is 7.11 Å². The third-order valence-corrected chi connectivity index (χ3v) is 4.29. The Morgan fingerprint density at radius 1 is 1.13 bits per heavy atom. The second-order valence-corrected chi connectivity index (χ2v) is 5.75. The number of anilines is 1. The van der Waals surface area contributed by atoms with Crippen LogP contribution in [0.2, 0.25) is 0 Å². The minimum Gasteiger partial charge on any atom is -0.497 e. The Labute approximate surface area is 135 Å². The van der Waals surface area contributed by atoms with Crippen LogP contribution in [-0.2, 0) is 0 Å². The van der Waals surface area contributed by atoms with Gasteiger partial charge in [-0.25, -0.2) is 4.98 Å². The van der Waals surface area contributed by atoms with Crippen molar-refractivity contribution < 1.29 is 4.74 Å². The number of hydrogen-bond acceptors (Lipinski definition) is 4. The van der Waals surface area contributed by atoms with E-state index in [0.717, 1.165) is 48.8 Å². The first-order chi connectivity index (χ1) is 11.3. The Kier molecular flexibility index (Phi) is 3.63. The molecule has 1 aromatic carbocycles. The van der Waals surface area contributed by atoms with Crippen molar-refractivity contribution in [2.45, 2.75) is 0 Å². The summed E-state index contributed by atoms with van der Waals surface area (Å²) >= 11 is 0. The SMILES string of the molecule is COc1cccc(-c2cn3ccc(N4CCNCC4)cc3n2)c1. The van der Waals surface area contributed by atoms with Crippen LogP contribution in [0.5, 0.6) is 5.75 Å². The summed E-state index contributed by atoms with van der Waals surface area (Å²) in [5.41, 5.74) is 4.23. The molecule has 5 heteroatoms. The first kappa shape index (κ1) is 14.1. The Morgan fingerprint density at radius 2 is 2.00 bits per heavy atom. The van der Waals surface area contributed by atoms with Gasteiger partial charge < -0.3 is 19.4 Å². The first-order valence-electron chi connectivity index (χ1n) is 7.92. The van der Waals surface area contributed by atoms with E-state index in [0.29, 0.717) is 0 Å². The van der Waals surface area contributed by atoms with Gasteiger partial charge in [0.2, 0.25) is 0 Å². The summed E-state index contributed by atoms with van der Waals surface area (Å²) in [6.07, 6.45) is 4.15. The fourth-order valence-corrected chi connectivity index (χ4v) is 3.01. The number of pyridine rings is 1. The van der Waals surface area contributed by atoms with Gasteiger partial charge in [0.25, 0.3) is 0 Å². The summed E-state index contributed by atoms with van der Waals surface area (Å²) in [6.45, 7) is 4.16. The molecule has 2 aromatic heterocycles. The maximum atomic E-state index is 5.30. The monoisotopic (exact) mass is 308 g/mol. The number of methoxy groups -OCH3 is 1. The zero-order valence-electron chi connectivity index (χ0n) is 13.2. The van der Waals surface area contributed by atoms with Crippen molar-refractivity contribution in [2.75, 3.05) is 38.2 Å². The molecular weight excluding hydrogens is 288 g/mol. The number of imidazole rings is 1. The highest BCUT2D eigenvalue weighted by Crippen LogP contribution is 2.25. The molecule has 3 heterocycles. The van der Waals surface area contributed by atoms with Gasteiger partial charge in [0, 0.05) is 55.9 Å². The van der Waals surface area contributed by atoms with E-state index in [1.807, 2.05) is 18.2 Å². The van der Waals surface area contributed by atoms with Gasteiger partial charge in [-0.2, -0.15) is 0 Å². The van der Waals surface area contributed by atoms with E-state index in [2.05, 4.69) is 45.2 Å². The molecule has 23 heavy (non-hydrogen) atoms. The highest BCUT2D eigenvalue weighted by atomic mass is 16.5. The van der Waals surface area contributed by atoms with Crippen molar-refractivity contribution in [1.82, 2.24) is 14.7 Å². The second-order valence-electron chi connectivity index (χ2n) is 5.75. The second kappa shape index (κ2) is 5.93. The van der Waals surface area contributed by atoms with E-state index in [1.165, 1.54) is 5.69 Å². The highest BCUT2D eigenvalue weighted by Gasteiger charge is 2.12. The molecule has 1 saturated heterocycles. The molecule has 0 aliphatic carbocycles. The van der Waals surface area contributed by atoms with Gasteiger partial charge in [-0.1, -0.05) is 12.1 Å². The van der Waals surface area contributed by atoms with E-state index in [9.17, 15) is 0 Å². The quantitative estimate of drug-likeness (QED) is 0.807. The third-order valence-electron chi connectivity index (χ3n) is 4.29. The van der Waals surface area contributed by atoms with Crippen molar-refractivity contribution in [3.05, 3.63) is 48.8 Å². The minimum absolute atomic E-state index is 0.848. The number of benzene rings is 1.